The molecule has 2 aromatic rings. The van der Waals surface area contributed by atoms with E-state index in [2.05, 4.69) is 0 Å². The summed E-state index contributed by atoms with van der Waals surface area (Å²) in [5, 5.41) is 0. The molecule has 0 bridgehead atoms. The number of anilines is 1. The van der Waals surface area contributed by atoms with Crippen molar-refractivity contribution in [1.82, 2.24) is 0 Å². The van der Waals surface area contributed by atoms with Gasteiger partial charge in [0.25, 0.3) is 0 Å². The summed E-state index contributed by atoms with van der Waals surface area (Å²) in [6.07, 6.45) is 1.69. The highest BCUT2D eigenvalue weighted by atomic mass is 19.1. The number of hydrogen-bond acceptors (Lipinski definition) is 6. The van der Waals surface area contributed by atoms with Gasteiger partial charge in [-0.2, -0.15) is 0 Å². The van der Waals surface area contributed by atoms with Gasteiger partial charge in [-0.05, 0) is 61.7 Å². The number of esters is 1. The highest BCUT2D eigenvalue weighted by Crippen LogP contribution is 2.46. The molecule has 32 heavy (non-hydrogen) atoms. The number of carbonyl (C=O) groups excluding carboxylic acids is 2. The molecule has 2 aromatic carbocycles. The number of rotatable bonds is 5. The molecule has 0 fully saturated rings. The highest BCUT2D eigenvalue weighted by Gasteiger charge is 2.43. The van der Waals surface area contributed by atoms with E-state index in [0.717, 1.165) is 5.70 Å². The Balaban J connectivity index is 1.96. The molecule has 2 aliphatic rings. The van der Waals surface area contributed by atoms with Gasteiger partial charge in [-0.25, -0.2) is 9.18 Å². The predicted octanol–water partition coefficient (Wildman–Crippen LogP) is 4.18. The first-order chi connectivity index (χ1) is 15.5. The lowest BCUT2D eigenvalue weighted by molar-refractivity contribution is -0.138. The van der Waals surface area contributed by atoms with Gasteiger partial charge in [0.05, 0.1) is 25.2 Å². The predicted molar refractivity (Wildman–Crippen MR) is 118 cm³/mol. The summed E-state index contributed by atoms with van der Waals surface area (Å²) in [6.45, 7) is 1.87. The minimum Gasteiger partial charge on any atom is -0.497 e. The van der Waals surface area contributed by atoms with Crippen LogP contribution in [0.25, 0.3) is 0 Å². The van der Waals surface area contributed by atoms with Crippen LogP contribution in [0.2, 0.25) is 0 Å². The second-order valence-corrected chi connectivity index (χ2v) is 7.67. The Morgan fingerprint density at radius 1 is 1.12 bits per heavy atom. The quantitative estimate of drug-likeness (QED) is 0.709. The third kappa shape index (κ3) is 3.75. The lowest BCUT2D eigenvalue weighted by Crippen LogP contribution is -2.41. The fourth-order valence-corrected chi connectivity index (χ4v) is 4.41. The third-order valence-electron chi connectivity index (χ3n) is 5.82. The molecule has 1 heterocycles. The maximum absolute atomic E-state index is 13.6. The highest BCUT2D eigenvalue weighted by molar-refractivity contribution is 6.05. The van der Waals surface area contributed by atoms with Crippen LogP contribution in [-0.4, -0.2) is 25.5 Å². The average molecular weight is 436 g/mol. The number of carbonyl (C=O) groups is 2. The molecule has 0 radical (unpaired) electrons. The Morgan fingerprint density at radius 3 is 2.44 bits per heavy atom. The largest absolute Gasteiger partial charge is 0.497 e. The van der Waals surface area contributed by atoms with E-state index < -0.39 is 17.7 Å². The SMILES string of the molecule is CCOC(=O)C1=C(N)N(c2ccc(OC)cc2)C2=C(C(=O)CCC2)C1c1ccc(F)cc1. The first-order valence-corrected chi connectivity index (χ1v) is 10.6. The van der Waals surface area contributed by atoms with Gasteiger partial charge < -0.3 is 15.2 Å². The number of hydrogen-bond donors (Lipinski definition) is 1. The molecule has 6 nitrogen and oxygen atoms in total. The van der Waals surface area contributed by atoms with E-state index in [4.69, 9.17) is 15.2 Å². The van der Waals surface area contributed by atoms with Crippen molar-refractivity contribution in [2.24, 2.45) is 5.73 Å². The summed E-state index contributed by atoms with van der Waals surface area (Å²) in [5.74, 6) is -0.875. The van der Waals surface area contributed by atoms with Crippen LogP contribution in [0.5, 0.6) is 5.75 Å². The normalized spacial score (nSPS) is 18.5. The van der Waals surface area contributed by atoms with E-state index in [0.29, 0.717) is 41.8 Å². The number of ketones is 1. The van der Waals surface area contributed by atoms with E-state index in [-0.39, 0.29) is 23.8 Å². The van der Waals surface area contributed by atoms with Crippen LogP contribution in [0.4, 0.5) is 10.1 Å². The zero-order valence-corrected chi connectivity index (χ0v) is 18.1. The number of ether oxygens (including phenoxy) is 2. The first-order valence-electron chi connectivity index (χ1n) is 10.6. The summed E-state index contributed by atoms with van der Waals surface area (Å²) in [7, 11) is 1.58. The topological polar surface area (TPSA) is 81.9 Å². The molecular weight excluding hydrogens is 411 g/mol. The number of methoxy groups -OCH3 is 1. The molecule has 1 unspecified atom stereocenters. The van der Waals surface area contributed by atoms with Crippen molar-refractivity contribution in [2.45, 2.75) is 32.1 Å². The molecule has 4 rings (SSSR count). The monoisotopic (exact) mass is 436 g/mol. The molecule has 1 atom stereocenters. The number of benzene rings is 2. The van der Waals surface area contributed by atoms with Crippen molar-refractivity contribution in [3.8, 4) is 5.75 Å². The third-order valence-corrected chi connectivity index (χ3v) is 5.82. The van der Waals surface area contributed by atoms with Gasteiger partial charge in [0, 0.05) is 23.4 Å². The van der Waals surface area contributed by atoms with E-state index in [1.807, 2.05) is 12.1 Å². The Kier molecular flexibility index (Phi) is 5.99. The maximum atomic E-state index is 13.6. The Hall–Kier alpha value is -3.61. The van der Waals surface area contributed by atoms with Crippen LogP contribution in [-0.2, 0) is 14.3 Å². The van der Waals surface area contributed by atoms with Gasteiger partial charge in [-0.1, -0.05) is 12.1 Å². The van der Waals surface area contributed by atoms with Crippen LogP contribution >= 0.6 is 0 Å². The molecule has 1 aliphatic heterocycles. The lowest BCUT2D eigenvalue weighted by Gasteiger charge is -2.40. The fraction of sp³-hybridized carbons (Fsp3) is 0.280. The van der Waals surface area contributed by atoms with Crippen molar-refractivity contribution in [3.05, 3.63) is 82.6 Å². The van der Waals surface area contributed by atoms with E-state index >= 15 is 0 Å². The van der Waals surface area contributed by atoms with Gasteiger partial charge >= 0.3 is 5.97 Å². The molecule has 0 aromatic heterocycles. The fourth-order valence-electron chi connectivity index (χ4n) is 4.41. The zero-order valence-electron chi connectivity index (χ0n) is 18.1. The van der Waals surface area contributed by atoms with E-state index in [1.165, 1.54) is 12.1 Å². The van der Waals surface area contributed by atoms with Gasteiger partial charge in [-0.3, -0.25) is 9.69 Å². The van der Waals surface area contributed by atoms with Gasteiger partial charge in [-0.15, -0.1) is 0 Å². The molecule has 1 aliphatic carbocycles. The van der Waals surface area contributed by atoms with Gasteiger partial charge in [0.1, 0.15) is 17.4 Å². The first kappa shape index (κ1) is 21.6. The van der Waals surface area contributed by atoms with Crippen LogP contribution < -0.4 is 15.4 Å². The molecule has 0 spiro atoms. The van der Waals surface area contributed by atoms with Gasteiger partial charge in [0.15, 0.2) is 5.78 Å². The molecular formula is C25H25FN2O4. The summed E-state index contributed by atoms with van der Waals surface area (Å²) >= 11 is 0. The smallest absolute Gasteiger partial charge is 0.338 e. The maximum Gasteiger partial charge on any atom is 0.338 e. The number of Topliss-reactive ketones (excluding diaryl/α,β-unsaturated/α-hetero) is 1. The molecule has 2 N–H and O–H groups in total. The Morgan fingerprint density at radius 2 is 1.81 bits per heavy atom. The molecule has 0 saturated heterocycles. The number of halogens is 1. The lowest BCUT2D eigenvalue weighted by atomic mass is 9.75. The molecule has 0 amide bonds. The van der Waals surface area contributed by atoms with E-state index in [9.17, 15) is 14.0 Å². The van der Waals surface area contributed by atoms with Crippen LogP contribution in [0.1, 0.15) is 37.7 Å². The molecule has 7 heteroatoms. The van der Waals surface area contributed by atoms with Crippen LogP contribution in [0, 0.1) is 5.82 Å². The number of nitrogens with two attached hydrogens (primary N) is 1. The van der Waals surface area contributed by atoms with E-state index in [1.54, 1.807) is 43.2 Å². The van der Waals surface area contributed by atoms with Gasteiger partial charge in [0.2, 0.25) is 0 Å². The minimum absolute atomic E-state index is 0.0478. The minimum atomic E-state index is -0.716. The second kappa shape index (κ2) is 8.86. The van der Waals surface area contributed by atoms with Crippen molar-refractivity contribution >= 4 is 17.4 Å². The van der Waals surface area contributed by atoms with Crippen molar-refractivity contribution in [2.75, 3.05) is 18.6 Å². The van der Waals surface area contributed by atoms with Crippen molar-refractivity contribution in [3.63, 3.8) is 0 Å². The van der Waals surface area contributed by atoms with Crippen LogP contribution in [0.3, 0.4) is 0 Å². The number of allylic oxidation sites excluding steroid dienone is 2. The summed E-state index contributed by atoms with van der Waals surface area (Å²) < 4.78 is 24.2. The Bertz CT molecular complexity index is 1100. The van der Waals surface area contributed by atoms with Crippen molar-refractivity contribution in [1.29, 1.82) is 0 Å². The molecule has 0 saturated carbocycles. The summed E-state index contributed by atoms with van der Waals surface area (Å²) in [4.78, 5) is 28.1. The summed E-state index contributed by atoms with van der Waals surface area (Å²) in [5.41, 5.74) is 9.40. The zero-order chi connectivity index (χ0) is 22.8. The number of nitrogens with zero attached hydrogens (tertiary/aromatic N) is 1. The molecule has 166 valence electrons. The standard InChI is InChI=1S/C25H25FN2O4/c1-3-32-25(30)23-21(15-7-9-16(26)10-8-15)22-19(5-4-6-20(22)29)28(24(23)27)17-11-13-18(31-2)14-12-17/h7-14,21H,3-6,27H2,1-2H3. The van der Waals surface area contributed by atoms with Crippen LogP contribution in [0.15, 0.2) is 71.2 Å². The second-order valence-electron chi connectivity index (χ2n) is 7.67. The Labute approximate surface area is 186 Å². The van der Waals surface area contributed by atoms with Crippen molar-refractivity contribution < 1.29 is 23.5 Å². The average Bonchev–Trinajstić information content (AvgIpc) is 2.79. The summed E-state index contributed by atoms with van der Waals surface area (Å²) in [6, 6.07) is 13.1.